The number of nitrogens with two attached hydrogens (primary N) is 2. The zero-order chi connectivity index (χ0) is 21.8. The fourth-order valence-corrected chi connectivity index (χ4v) is 3.58. The van der Waals surface area contributed by atoms with E-state index in [2.05, 4.69) is 30.6 Å². The zero-order valence-electron chi connectivity index (χ0n) is 16.8. The molecule has 1 aliphatic rings. The van der Waals surface area contributed by atoms with E-state index < -0.39 is 11.7 Å². The van der Waals surface area contributed by atoms with Crippen molar-refractivity contribution in [1.82, 2.24) is 19.9 Å². The lowest BCUT2D eigenvalue weighted by Crippen LogP contribution is -2.43. The van der Waals surface area contributed by atoms with Crippen molar-refractivity contribution in [2.24, 2.45) is 11.5 Å². The average Bonchev–Trinajstić information content (AvgIpc) is 2.77. The van der Waals surface area contributed by atoms with E-state index >= 15 is 0 Å². The van der Waals surface area contributed by atoms with Gasteiger partial charge in [-0.3, -0.25) is 4.79 Å². The van der Waals surface area contributed by atoms with Crippen LogP contribution >= 0.6 is 0 Å². The second-order valence-electron chi connectivity index (χ2n) is 7.41. The molecule has 6 N–H and O–H groups in total. The highest BCUT2D eigenvalue weighted by Crippen LogP contribution is 2.27. The summed E-state index contributed by atoms with van der Waals surface area (Å²) in [5.41, 5.74) is 12.5. The monoisotopic (exact) mass is 422 g/mol. The largest absolute Gasteiger partial charge is 0.365 e. The van der Waals surface area contributed by atoms with Gasteiger partial charge < -0.3 is 22.1 Å². The number of nitrogens with one attached hydrogen (secondary N) is 2. The molecule has 0 aliphatic heterocycles. The number of hydrogen-bond donors (Lipinski definition) is 4. The third kappa shape index (κ3) is 4.75. The first-order valence-electron chi connectivity index (χ1n) is 10.0. The standard InChI is InChI=1S/C21H23FN8O/c22-15-7-6-12(10-13(15)19-25-8-3-9-26-19)28-20-14(18(24)31)11-27-21(30-20)29-17-5-2-1-4-16(17)23/h3,6-11,16-17H,1-2,4-5,23H2,(H2,24,31)(H2,27,28,29,30)/t16-,17+/m0/s1. The number of benzene rings is 1. The summed E-state index contributed by atoms with van der Waals surface area (Å²) in [6.07, 6.45) is 8.46. The minimum Gasteiger partial charge on any atom is -0.365 e. The van der Waals surface area contributed by atoms with Crippen molar-refractivity contribution in [2.75, 3.05) is 10.6 Å². The van der Waals surface area contributed by atoms with Gasteiger partial charge >= 0.3 is 0 Å². The van der Waals surface area contributed by atoms with Gasteiger partial charge in [-0.05, 0) is 37.1 Å². The number of halogens is 1. The Morgan fingerprint density at radius 3 is 2.65 bits per heavy atom. The van der Waals surface area contributed by atoms with Crippen LogP contribution in [0.3, 0.4) is 0 Å². The molecule has 0 spiro atoms. The molecule has 1 fully saturated rings. The van der Waals surface area contributed by atoms with Crippen molar-refractivity contribution < 1.29 is 9.18 Å². The normalized spacial score (nSPS) is 18.4. The number of nitrogens with zero attached hydrogens (tertiary/aromatic N) is 4. The van der Waals surface area contributed by atoms with E-state index in [1.54, 1.807) is 12.1 Å². The fraction of sp³-hybridized carbons (Fsp3) is 0.286. The maximum absolute atomic E-state index is 14.3. The number of hydrogen-bond acceptors (Lipinski definition) is 8. The van der Waals surface area contributed by atoms with Crippen LogP contribution in [0.25, 0.3) is 11.4 Å². The number of carbonyl (C=O) groups is 1. The van der Waals surface area contributed by atoms with Gasteiger partial charge in [0.1, 0.15) is 17.2 Å². The van der Waals surface area contributed by atoms with Gasteiger partial charge in [0.05, 0.1) is 5.56 Å². The summed E-state index contributed by atoms with van der Waals surface area (Å²) in [4.78, 5) is 28.7. The van der Waals surface area contributed by atoms with Crippen LogP contribution in [0.1, 0.15) is 36.0 Å². The molecule has 1 saturated carbocycles. The third-order valence-corrected chi connectivity index (χ3v) is 5.22. The summed E-state index contributed by atoms with van der Waals surface area (Å²) in [5.74, 6) is -0.361. The van der Waals surface area contributed by atoms with Gasteiger partial charge in [0, 0.05) is 36.4 Å². The van der Waals surface area contributed by atoms with Gasteiger partial charge in [0.2, 0.25) is 5.95 Å². The van der Waals surface area contributed by atoms with E-state index in [1.807, 2.05) is 0 Å². The van der Waals surface area contributed by atoms with E-state index in [9.17, 15) is 9.18 Å². The molecule has 1 amide bonds. The Labute approximate surface area is 178 Å². The molecule has 1 aliphatic carbocycles. The summed E-state index contributed by atoms with van der Waals surface area (Å²) >= 11 is 0. The second kappa shape index (κ2) is 9.00. The Hall–Kier alpha value is -3.66. The first kappa shape index (κ1) is 20.6. The lowest BCUT2D eigenvalue weighted by atomic mass is 9.91. The average molecular weight is 422 g/mol. The van der Waals surface area contributed by atoms with Gasteiger partial charge in [-0.25, -0.2) is 19.3 Å². The number of anilines is 3. The Morgan fingerprint density at radius 2 is 1.90 bits per heavy atom. The van der Waals surface area contributed by atoms with Crippen molar-refractivity contribution in [3.8, 4) is 11.4 Å². The predicted molar refractivity (Wildman–Crippen MR) is 115 cm³/mol. The minimum atomic E-state index is -0.683. The Bertz CT molecular complexity index is 1080. The summed E-state index contributed by atoms with van der Waals surface area (Å²) in [6.45, 7) is 0. The molecule has 1 aromatic carbocycles. The van der Waals surface area contributed by atoms with Crippen molar-refractivity contribution in [3.05, 3.63) is 54.2 Å². The molecular formula is C21H23FN8O. The highest BCUT2D eigenvalue weighted by atomic mass is 19.1. The Morgan fingerprint density at radius 1 is 1.13 bits per heavy atom. The lowest BCUT2D eigenvalue weighted by molar-refractivity contribution is 0.100. The molecule has 2 atom stereocenters. The summed E-state index contributed by atoms with van der Waals surface area (Å²) in [6, 6.07) is 6.07. The number of amides is 1. The van der Waals surface area contributed by atoms with Crippen molar-refractivity contribution in [1.29, 1.82) is 0 Å². The molecule has 160 valence electrons. The van der Waals surface area contributed by atoms with Crippen LogP contribution in [-0.4, -0.2) is 37.9 Å². The number of carbonyl (C=O) groups excluding carboxylic acids is 1. The van der Waals surface area contributed by atoms with E-state index in [0.717, 1.165) is 25.7 Å². The topological polar surface area (TPSA) is 145 Å². The molecule has 0 radical (unpaired) electrons. The summed E-state index contributed by atoms with van der Waals surface area (Å²) in [7, 11) is 0. The predicted octanol–water partition coefficient (Wildman–Crippen LogP) is 2.60. The maximum atomic E-state index is 14.3. The molecule has 0 saturated heterocycles. The molecule has 4 rings (SSSR count). The van der Waals surface area contributed by atoms with Crippen LogP contribution in [0.15, 0.2) is 42.9 Å². The maximum Gasteiger partial charge on any atom is 0.254 e. The number of primary amides is 1. The van der Waals surface area contributed by atoms with Crippen LogP contribution in [0, 0.1) is 5.82 Å². The van der Waals surface area contributed by atoms with Crippen LogP contribution in [-0.2, 0) is 0 Å². The molecular weight excluding hydrogens is 399 g/mol. The Kier molecular flexibility index (Phi) is 5.99. The summed E-state index contributed by atoms with van der Waals surface area (Å²) < 4.78 is 14.3. The third-order valence-electron chi connectivity index (χ3n) is 5.22. The zero-order valence-corrected chi connectivity index (χ0v) is 16.8. The van der Waals surface area contributed by atoms with Crippen molar-refractivity contribution >= 4 is 23.4 Å². The molecule has 9 nitrogen and oxygen atoms in total. The molecule has 31 heavy (non-hydrogen) atoms. The van der Waals surface area contributed by atoms with Gasteiger partial charge in [-0.15, -0.1) is 0 Å². The smallest absolute Gasteiger partial charge is 0.254 e. The van der Waals surface area contributed by atoms with Gasteiger partial charge in [0.25, 0.3) is 5.91 Å². The molecule has 2 heterocycles. The van der Waals surface area contributed by atoms with Crippen LogP contribution in [0.2, 0.25) is 0 Å². The fourth-order valence-electron chi connectivity index (χ4n) is 3.58. The second-order valence-corrected chi connectivity index (χ2v) is 7.41. The van der Waals surface area contributed by atoms with Gasteiger partial charge in [0.15, 0.2) is 5.82 Å². The number of rotatable bonds is 6. The summed E-state index contributed by atoms with van der Waals surface area (Å²) in [5, 5.41) is 6.28. The van der Waals surface area contributed by atoms with Crippen LogP contribution in [0.5, 0.6) is 0 Å². The highest BCUT2D eigenvalue weighted by Gasteiger charge is 2.23. The van der Waals surface area contributed by atoms with E-state index in [1.165, 1.54) is 30.7 Å². The van der Waals surface area contributed by atoms with E-state index in [4.69, 9.17) is 11.5 Å². The van der Waals surface area contributed by atoms with Crippen molar-refractivity contribution in [2.45, 2.75) is 37.8 Å². The van der Waals surface area contributed by atoms with Crippen molar-refractivity contribution in [3.63, 3.8) is 0 Å². The van der Waals surface area contributed by atoms with Gasteiger partial charge in [-0.2, -0.15) is 4.98 Å². The quantitative estimate of drug-likeness (QED) is 0.474. The highest BCUT2D eigenvalue weighted by molar-refractivity contribution is 5.98. The first-order valence-corrected chi connectivity index (χ1v) is 10.0. The van der Waals surface area contributed by atoms with E-state index in [0.29, 0.717) is 11.6 Å². The molecule has 3 aromatic rings. The van der Waals surface area contributed by atoms with E-state index in [-0.39, 0.29) is 34.9 Å². The van der Waals surface area contributed by atoms with Gasteiger partial charge in [-0.1, -0.05) is 12.8 Å². The SMILES string of the molecule is NC(=O)c1cnc(N[C@@H]2CCCC[C@@H]2N)nc1Nc1ccc(F)c(-c2ncccn2)c1. The van der Waals surface area contributed by atoms with Crippen LogP contribution < -0.4 is 22.1 Å². The molecule has 0 bridgehead atoms. The molecule has 0 unspecified atom stereocenters. The first-order chi connectivity index (χ1) is 15.0. The lowest BCUT2D eigenvalue weighted by Gasteiger charge is -2.29. The van der Waals surface area contributed by atoms with Crippen LogP contribution in [0.4, 0.5) is 21.8 Å². The minimum absolute atomic E-state index is 0.00936. The Balaban J connectivity index is 1.63. The number of aromatic nitrogens is 4. The molecule has 10 heteroatoms. The molecule has 2 aromatic heterocycles.